The van der Waals surface area contributed by atoms with E-state index in [1.165, 1.54) is 25.7 Å². The molecule has 1 saturated carbocycles. The molecule has 0 amide bonds. The largest absolute Gasteiger partial charge is 0.376 e. The molecule has 100 valence electrons. The SMILES string of the molecule is CCC1CCC(CN)C(N2CCOC(C)C2)C1. The summed E-state index contributed by atoms with van der Waals surface area (Å²) in [5.74, 6) is 1.63. The van der Waals surface area contributed by atoms with Crippen LogP contribution >= 0.6 is 0 Å². The van der Waals surface area contributed by atoms with Gasteiger partial charge in [-0.05, 0) is 38.1 Å². The maximum Gasteiger partial charge on any atom is 0.0674 e. The smallest absolute Gasteiger partial charge is 0.0674 e. The lowest BCUT2D eigenvalue weighted by Crippen LogP contribution is -2.52. The summed E-state index contributed by atoms with van der Waals surface area (Å²) in [6.07, 6.45) is 5.78. The van der Waals surface area contributed by atoms with E-state index < -0.39 is 0 Å². The highest BCUT2D eigenvalue weighted by molar-refractivity contribution is 4.88. The maximum absolute atomic E-state index is 5.96. The highest BCUT2D eigenvalue weighted by Crippen LogP contribution is 2.34. The van der Waals surface area contributed by atoms with E-state index in [0.717, 1.165) is 32.2 Å². The van der Waals surface area contributed by atoms with Gasteiger partial charge in [0.1, 0.15) is 0 Å². The van der Waals surface area contributed by atoms with Gasteiger partial charge < -0.3 is 10.5 Å². The average molecular weight is 240 g/mol. The predicted octanol–water partition coefficient (Wildman–Crippen LogP) is 1.86. The Hall–Kier alpha value is -0.120. The Labute approximate surface area is 106 Å². The molecule has 1 aliphatic carbocycles. The van der Waals surface area contributed by atoms with Gasteiger partial charge in [0.05, 0.1) is 12.7 Å². The Morgan fingerprint density at radius 2 is 2.18 bits per heavy atom. The van der Waals surface area contributed by atoms with Gasteiger partial charge in [0.25, 0.3) is 0 Å². The van der Waals surface area contributed by atoms with Crippen LogP contribution in [0, 0.1) is 11.8 Å². The minimum absolute atomic E-state index is 0.393. The zero-order valence-corrected chi connectivity index (χ0v) is 11.4. The van der Waals surface area contributed by atoms with Crippen molar-refractivity contribution in [2.24, 2.45) is 17.6 Å². The number of rotatable bonds is 3. The zero-order valence-electron chi connectivity index (χ0n) is 11.4. The van der Waals surface area contributed by atoms with Crippen LogP contribution in [-0.4, -0.2) is 43.3 Å². The van der Waals surface area contributed by atoms with E-state index in [-0.39, 0.29) is 0 Å². The lowest BCUT2D eigenvalue weighted by Gasteiger charge is -2.45. The Balaban J connectivity index is 1.98. The van der Waals surface area contributed by atoms with Crippen LogP contribution in [0.3, 0.4) is 0 Å². The van der Waals surface area contributed by atoms with Crippen LogP contribution in [-0.2, 0) is 4.74 Å². The van der Waals surface area contributed by atoms with E-state index >= 15 is 0 Å². The fraction of sp³-hybridized carbons (Fsp3) is 1.00. The Kier molecular flexibility index (Phi) is 4.83. The van der Waals surface area contributed by atoms with Gasteiger partial charge in [-0.15, -0.1) is 0 Å². The molecule has 0 aromatic carbocycles. The van der Waals surface area contributed by atoms with Crippen molar-refractivity contribution in [2.45, 2.75) is 51.7 Å². The summed E-state index contributed by atoms with van der Waals surface area (Å²) < 4.78 is 5.65. The summed E-state index contributed by atoms with van der Waals surface area (Å²) in [5, 5.41) is 0. The summed E-state index contributed by atoms with van der Waals surface area (Å²) in [6.45, 7) is 8.45. The van der Waals surface area contributed by atoms with Gasteiger partial charge in [-0.3, -0.25) is 4.90 Å². The van der Waals surface area contributed by atoms with Crippen LogP contribution in [0.4, 0.5) is 0 Å². The number of hydrogen-bond donors (Lipinski definition) is 1. The molecule has 0 aromatic rings. The first-order valence-corrected chi connectivity index (χ1v) is 7.30. The molecule has 1 saturated heterocycles. The lowest BCUT2D eigenvalue weighted by molar-refractivity contribution is -0.0538. The van der Waals surface area contributed by atoms with Gasteiger partial charge in [-0.2, -0.15) is 0 Å². The molecular formula is C14H28N2O. The van der Waals surface area contributed by atoms with Crippen molar-refractivity contribution >= 4 is 0 Å². The normalized spacial score (nSPS) is 40.4. The van der Waals surface area contributed by atoms with Gasteiger partial charge >= 0.3 is 0 Å². The topological polar surface area (TPSA) is 38.5 Å². The molecule has 2 N–H and O–H groups in total. The van der Waals surface area contributed by atoms with Crippen molar-refractivity contribution in [1.82, 2.24) is 4.90 Å². The molecule has 1 aliphatic heterocycles. The van der Waals surface area contributed by atoms with Gasteiger partial charge in [0.2, 0.25) is 0 Å². The quantitative estimate of drug-likeness (QED) is 0.818. The van der Waals surface area contributed by atoms with E-state index in [9.17, 15) is 0 Å². The van der Waals surface area contributed by atoms with E-state index in [1.54, 1.807) is 0 Å². The number of morpholine rings is 1. The minimum atomic E-state index is 0.393. The second-order valence-electron chi connectivity index (χ2n) is 5.83. The highest BCUT2D eigenvalue weighted by atomic mass is 16.5. The molecule has 17 heavy (non-hydrogen) atoms. The maximum atomic E-state index is 5.96. The van der Waals surface area contributed by atoms with Gasteiger partial charge in [-0.25, -0.2) is 0 Å². The number of hydrogen-bond acceptors (Lipinski definition) is 3. The second kappa shape index (κ2) is 6.17. The molecule has 0 aromatic heterocycles. The molecule has 0 bridgehead atoms. The summed E-state index contributed by atoms with van der Waals surface area (Å²) in [4.78, 5) is 2.65. The molecule has 3 heteroatoms. The third-order valence-electron chi connectivity index (χ3n) is 4.69. The summed E-state index contributed by atoms with van der Waals surface area (Å²) in [7, 11) is 0. The summed E-state index contributed by atoms with van der Waals surface area (Å²) in [6, 6.07) is 0.713. The van der Waals surface area contributed by atoms with Crippen LogP contribution < -0.4 is 5.73 Å². The van der Waals surface area contributed by atoms with E-state index in [4.69, 9.17) is 10.5 Å². The first-order chi connectivity index (χ1) is 8.24. The molecule has 3 nitrogen and oxygen atoms in total. The Bertz CT molecular complexity index is 234. The van der Waals surface area contributed by atoms with Crippen molar-refractivity contribution in [3.8, 4) is 0 Å². The van der Waals surface area contributed by atoms with Gasteiger partial charge in [-0.1, -0.05) is 19.8 Å². The van der Waals surface area contributed by atoms with Gasteiger partial charge in [0.15, 0.2) is 0 Å². The monoisotopic (exact) mass is 240 g/mol. The molecule has 0 spiro atoms. The third-order valence-corrected chi connectivity index (χ3v) is 4.69. The molecule has 0 radical (unpaired) electrons. The first kappa shape index (κ1) is 13.3. The minimum Gasteiger partial charge on any atom is -0.376 e. The van der Waals surface area contributed by atoms with Crippen molar-refractivity contribution in [3.05, 3.63) is 0 Å². The standard InChI is InChI=1S/C14H28N2O/c1-3-12-4-5-13(9-15)14(8-12)16-6-7-17-11(2)10-16/h11-14H,3-10,15H2,1-2H3. The van der Waals surface area contributed by atoms with Crippen LogP contribution in [0.2, 0.25) is 0 Å². The molecule has 4 unspecified atom stereocenters. The van der Waals surface area contributed by atoms with Gasteiger partial charge in [0, 0.05) is 19.1 Å². The highest BCUT2D eigenvalue weighted by Gasteiger charge is 2.34. The Morgan fingerprint density at radius 1 is 1.35 bits per heavy atom. The fourth-order valence-corrected chi connectivity index (χ4v) is 3.53. The fourth-order valence-electron chi connectivity index (χ4n) is 3.53. The molecule has 1 heterocycles. The molecule has 2 aliphatic rings. The summed E-state index contributed by atoms with van der Waals surface area (Å²) in [5.41, 5.74) is 5.96. The Morgan fingerprint density at radius 3 is 2.82 bits per heavy atom. The first-order valence-electron chi connectivity index (χ1n) is 7.30. The van der Waals surface area contributed by atoms with E-state index in [1.807, 2.05) is 0 Å². The van der Waals surface area contributed by atoms with Crippen molar-refractivity contribution in [1.29, 1.82) is 0 Å². The van der Waals surface area contributed by atoms with Crippen LogP contribution in [0.1, 0.15) is 39.5 Å². The molecule has 2 fully saturated rings. The van der Waals surface area contributed by atoms with Crippen LogP contribution in [0.15, 0.2) is 0 Å². The molecular weight excluding hydrogens is 212 g/mol. The number of nitrogens with zero attached hydrogens (tertiary/aromatic N) is 1. The van der Waals surface area contributed by atoms with E-state index in [2.05, 4.69) is 18.7 Å². The van der Waals surface area contributed by atoms with Crippen molar-refractivity contribution in [3.63, 3.8) is 0 Å². The zero-order chi connectivity index (χ0) is 12.3. The second-order valence-corrected chi connectivity index (χ2v) is 5.83. The van der Waals surface area contributed by atoms with Crippen molar-refractivity contribution < 1.29 is 4.74 Å². The van der Waals surface area contributed by atoms with Crippen LogP contribution in [0.25, 0.3) is 0 Å². The number of nitrogens with two attached hydrogens (primary N) is 1. The van der Waals surface area contributed by atoms with Crippen LogP contribution in [0.5, 0.6) is 0 Å². The molecule has 4 atom stereocenters. The van der Waals surface area contributed by atoms with Crippen molar-refractivity contribution in [2.75, 3.05) is 26.2 Å². The molecule has 2 rings (SSSR count). The van der Waals surface area contributed by atoms with E-state index in [0.29, 0.717) is 18.1 Å². The number of ether oxygens (including phenoxy) is 1. The third kappa shape index (κ3) is 3.21. The lowest BCUT2D eigenvalue weighted by atomic mass is 9.76. The predicted molar refractivity (Wildman–Crippen MR) is 71.0 cm³/mol. The summed E-state index contributed by atoms with van der Waals surface area (Å²) >= 11 is 0. The average Bonchev–Trinajstić information content (AvgIpc) is 2.38.